The Bertz CT molecular complexity index is 336. The predicted molar refractivity (Wildman–Crippen MR) is 55.8 cm³/mol. The van der Waals surface area contributed by atoms with Crippen LogP contribution in [0.4, 0.5) is 4.39 Å². The van der Waals surface area contributed by atoms with Gasteiger partial charge in [-0.3, -0.25) is 0 Å². The minimum absolute atomic E-state index is 0.175. The van der Waals surface area contributed by atoms with Crippen LogP contribution >= 0.6 is 11.6 Å². The summed E-state index contributed by atoms with van der Waals surface area (Å²) in [7, 11) is 0. The molecule has 1 aromatic carbocycles. The molecule has 1 fully saturated rings. The summed E-state index contributed by atoms with van der Waals surface area (Å²) in [6, 6.07) is 5.08. The molecule has 1 aliphatic carbocycles. The van der Waals surface area contributed by atoms with Crippen LogP contribution in [0, 0.1) is 11.7 Å². The Labute approximate surface area is 88.1 Å². The van der Waals surface area contributed by atoms with E-state index in [0.717, 1.165) is 12.0 Å². The molecule has 1 atom stereocenters. The molecule has 1 nitrogen and oxygen atoms in total. The smallest absolute Gasteiger partial charge is 0.142 e. The second-order valence-corrected chi connectivity index (χ2v) is 4.36. The van der Waals surface area contributed by atoms with Gasteiger partial charge in [-0.05, 0) is 42.9 Å². The molecule has 0 spiro atoms. The van der Waals surface area contributed by atoms with E-state index in [0.29, 0.717) is 5.92 Å². The first kappa shape index (κ1) is 9.94. The first-order valence-corrected chi connectivity index (χ1v) is 5.24. The van der Waals surface area contributed by atoms with E-state index in [1.54, 1.807) is 6.07 Å². The van der Waals surface area contributed by atoms with Crippen LogP contribution < -0.4 is 5.73 Å². The molecule has 0 saturated heterocycles. The molecule has 0 heterocycles. The van der Waals surface area contributed by atoms with E-state index in [2.05, 4.69) is 0 Å². The van der Waals surface area contributed by atoms with Crippen LogP contribution in [0.1, 0.15) is 18.4 Å². The quantitative estimate of drug-likeness (QED) is 0.821. The molecule has 0 aromatic heterocycles. The van der Waals surface area contributed by atoms with Crippen LogP contribution in [-0.4, -0.2) is 6.04 Å². The third kappa shape index (κ3) is 2.25. The maximum atomic E-state index is 13.1. The average molecular weight is 214 g/mol. The summed E-state index contributed by atoms with van der Waals surface area (Å²) in [4.78, 5) is 0. The summed E-state index contributed by atoms with van der Waals surface area (Å²) in [5, 5.41) is 0.175. The summed E-state index contributed by atoms with van der Waals surface area (Å²) in [6.45, 7) is 0. The lowest BCUT2D eigenvalue weighted by molar-refractivity contribution is 0.584. The molecule has 2 N–H and O–H groups in total. The molecular formula is C11H13ClFN. The number of hydrogen-bond donors (Lipinski definition) is 1. The van der Waals surface area contributed by atoms with Crippen molar-refractivity contribution in [2.24, 2.45) is 11.7 Å². The fourth-order valence-corrected chi connectivity index (χ4v) is 1.75. The predicted octanol–water partition coefficient (Wildman–Crippen LogP) is 2.76. The first-order valence-electron chi connectivity index (χ1n) is 4.86. The number of hydrogen-bond acceptors (Lipinski definition) is 1. The Morgan fingerprint density at radius 3 is 2.79 bits per heavy atom. The topological polar surface area (TPSA) is 26.0 Å². The first-order chi connectivity index (χ1) is 6.66. The lowest BCUT2D eigenvalue weighted by atomic mass is 10.0. The summed E-state index contributed by atoms with van der Waals surface area (Å²) in [5.41, 5.74) is 6.88. The van der Waals surface area contributed by atoms with Gasteiger partial charge in [0.15, 0.2) is 0 Å². The van der Waals surface area contributed by atoms with E-state index in [-0.39, 0.29) is 16.9 Å². The fourth-order valence-electron chi connectivity index (χ4n) is 1.63. The van der Waals surface area contributed by atoms with Crippen LogP contribution in [0.5, 0.6) is 0 Å². The van der Waals surface area contributed by atoms with Gasteiger partial charge in [0.1, 0.15) is 5.82 Å². The molecule has 0 aliphatic heterocycles. The molecule has 3 heteroatoms. The zero-order valence-electron chi connectivity index (χ0n) is 7.84. The van der Waals surface area contributed by atoms with E-state index < -0.39 is 0 Å². The van der Waals surface area contributed by atoms with Crippen LogP contribution in [0.15, 0.2) is 18.2 Å². The number of nitrogens with two attached hydrogens (primary N) is 1. The van der Waals surface area contributed by atoms with Gasteiger partial charge in [0.2, 0.25) is 0 Å². The molecule has 0 radical (unpaired) electrons. The molecule has 14 heavy (non-hydrogen) atoms. The van der Waals surface area contributed by atoms with E-state index in [1.807, 2.05) is 6.07 Å². The second-order valence-electron chi connectivity index (χ2n) is 3.95. The van der Waals surface area contributed by atoms with E-state index in [4.69, 9.17) is 17.3 Å². The largest absolute Gasteiger partial charge is 0.327 e. The Morgan fingerprint density at radius 2 is 2.21 bits per heavy atom. The van der Waals surface area contributed by atoms with E-state index >= 15 is 0 Å². The molecule has 2 rings (SSSR count). The third-order valence-corrected chi connectivity index (χ3v) is 2.99. The van der Waals surface area contributed by atoms with Gasteiger partial charge in [-0.25, -0.2) is 4.39 Å². The summed E-state index contributed by atoms with van der Waals surface area (Å²) >= 11 is 5.59. The van der Waals surface area contributed by atoms with Crippen LogP contribution in [0.2, 0.25) is 5.02 Å². The average Bonchev–Trinajstić information content (AvgIpc) is 2.94. The Kier molecular flexibility index (Phi) is 2.75. The zero-order chi connectivity index (χ0) is 10.1. The van der Waals surface area contributed by atoms with Crippen molar-refractivity contribution in [1.29, 1.82) is 0 Å². The van der Waals surface area contributed by atoms with Crippen molar-refractivity contribution in [3.63, 3.8) is 0 Å². The third-order valence-electron chi connectivity index (χ3n) is 2.68. The SMILES string of the molecule is NC(Cc1ccc(Cl)c(F)c1)C1CC1. The van der Waals surface area contributed by atoms with E-state index in [9.17, 15) is 4.39 Å². The zero-order valence-corrected chi connectivity index (χ0v) is 8.60. The highest BCUT2D eigenvalue weighted by Gasteiger charge is 2.28. The van der Waals surface area contributed by atoms with Gasteiger partial charge in [0.05, 0.1) is 5.02 Å². The van der Waals surface area contributed by atoms with Gasteiger partial charge in [0, 0.05) is 6.04 Å². The minimum Gasteiger partial charge on any atom is -0.327 e. The molecular weight excluding hydrogens is 201 g/mol. The number of benzene rings is 1. The summed E-state index contributed by atoms with van der Waals surface area (Å²) in [6.07, 6.45) is 3.19. The van der Waals surface area contributed by atoms with E-state index in [1.165, 1.54) is 18.9 Å². The highest BCUT2D eigenvalue weighted by atomic mass is 35.5. The van der Waals surface area contributed by atoms with Gasteiger partial charge in [-0.2, -0.15) is 0 Å². The standard InChI is InChI=1S/C11H13ClFN/c12-9-4-1-7(5-10(9)13)6-11(14)8-2-3-8/h1,4-5,8,11H,2-3,6,14H2. The van der Waals surface area contributed by atoms with Gasteiger partial charge in [-0.15, -0.1) is 0 Å². The van der Waals surface area contributed by atoms with Crippen molar-refractivity contribution in [1.82, 2.24) is 0 Å². The Hall–Kier alpha value is -0.600. The maximum absolute atomic E-state index is 13.1. The highest BCUT2D eigenvalue weighted by Crippen LogP contribution is 2.33. The normalized spacial score (nSPS) is 18.2. The Morgan fingerprint density at radius 1 is 1.50 bits per heavy atom. The molecule has 1 aliphatic rings. The molecule has 1 saturated carbocycles. The number of rotatable bonds is 3. The van der Waals surface area contributed by atoms with Crippen molar-refractivity contribution in [2.45, 2.75) is 25.3 Å². The molecule has 1 aromatic rings. The van der Waals surface area contributed by atoms with Crippen molar-refractivity contribution in [3.8, 4) is 0 Å². The molecule has 0 bridgehead atoms. The molecule has 1 unspecified atom stereocenters. The van der Waals surface area contributed by atoms with Crippen molar-refractivity contribution >= 4 is 11.6 Å². The Balaban J connectivity index is 2.04. The summed E-state index contributed by atoms with van der Waals surface area (Å²) in [5.74, 6) is 0.293. The maximum Gasteiger partial charge on any atom is 0.142 e. The van der Waals surface area contributed by atoms with Gasteiger partial charge < -0.3 is 5.73 Å². The summed E-state index contributed by atoms with van der Waals surface area (Å²) < 4.78 is 13.1. The lowest BCUT2D eigenvalue weighted by Gasteiger charge is -2.10. The van der Waals surface area contributed by atoms with Crippen LogP contribution in [0.3, 0.4) is 0 Å². The molecule has 0 amide bonds. The van der Waals surface area contributed by atoms with Crippen molar-refractivity contribution in [2.75, 3.05) is 0 Å². The lowest BCUT2D eigenvalue weighted by Crippen LogP contribution is -2.25. The second kappa shape index (κ2) is 3.87. The van der Waals surface area contributed by atoms with Crippen LogP contribution in [-0.2, 0) is 6.42 Å². The van der Waals surface area contributed by atoms with Gasteiger partial charge >= 0.3 is 0 Å². The molecule has 76 valence electrons. The van der Waals surface area contributed by atoms with Gasteiger partial charge in [-0.1, -0.05) is 17.7 Å². The van der Waals surface area contributed by atoms with Gasteiger partial charge in [0.25, 0.3) is 0 Å². The van der Waals surface area contributed by atoms with Crippen molar-refractivity contribution in [3.05, 3.63) is 34.6 Å². The highest BCUT2D eigenvalue weighted by molar-refractivity contribution is 6.30. The number of halogens is 2. The van der Waals surface area contributed by atoms with Crippen LogP contribution in [0.25, 0.3) is 0 Å². The van der Waals surface area contributed by atoms with Crippen molar-refractivity contribution < 1.29 is 4.39 Å². The minimum atomic E-state index is -0.354. The monoisotopic (exact) mass is 213 g/mol. The fraction of sp³-hybridized carbons (Fsp3) is 0.455.